The van der Waals surface area contributed by atoms with Crippen LogP contribution in [-0.4, -0.2) is 32.1 Å². The van der Waals surface area contributed by atoms with Gasteiger partial charge in [-0.3, -0.25) is 4.79 Å². The number of nitrogens with one attached hydrogen (secondary N) is 2. The monoisotopic (exact) mass is 259 g/mol. The first-order chi connectivity index (χ1) is 9.16. The van der Waals surface area contributed by atoms with Gasteiger partial charge in [0.2, 0.25) is 5.91 Å². The van der Waals surface area contributed by atoms with Gasteiger partial charge in [-0.05, 0) is 29.7 Å². The molecule has 1 aromatic carbocycles. The summed E-state index contributed by atoms with van der Waals surface area (Å²) >= 11 is 0. The van der Waals surface area contributed by atoms with Crippen LogP contribution in [0.15, 0.2) is 18.2 Å². The third-order valence-electron chi connectivity index (χ3n) is 4.06. The molecular formula is C15H21N3O. The fourth-order valence-corrected chi connectivity index (χ4v) is 3.05. The molecule has 1 amide bonds. The van der Waals surface area contributed by atoms with Crippen molar-refractivity contribution in [3.8, 4) is 0 Å². The van der Waals surface area contributed by atoms with Crippen LogP contribution in [0.25, 0.3) is 0 Å². The third-order valence-corrected chi connectivity index (χ3v) is 4.06. The summed E-state index contributed by atoms with van der Waals surface area (Å²) in [5.41, 5.74) is 3.39. The molecule has 2 aliphatic rings. The molecule has 0 aromatic heterocycles. The second kappa shape index (κ2) is 4.85. The third kappa shape index (κ3) is 2.21. The van der Waals surface area contributed by atoms with Crippen molar-refractivity contribution in [2.24, 2.45) is 5.92 Å². The first-order valence-corrected chi connectivity index (χ1v) is 7.07. The fraction of sp³-hybridized carbons (Fsp3) is 0.533. The summed E-state index contributed by atoms with van der Waals surface area (Å²) < 4.78 is 0. The predicted octanol–water partition coefficient (Wildman–Crippen LogP) is 1.79. The minimum Gasteiger partial charge on any atom is -0.369 e. The molecule has 0 bridgehead atoms. The molecule has 4 heteroatoms. The molecule has 1 saturated heterocycles. The molecule has 4 nitrogen and oxygen atoms in total. The Balaban J connectivity index is 1.92. The maximum absolute atomic E-state index is 12.0. The summed E-state index contributed by atoms with van der Waals surface area (Å²) in [7, 11) is 0. The van der Waals surface area contributed by atoms with Crippen LogP contribution in [-0.2, 0) is 4.79 Å². The molecule has 2 aliphatic heterocycles. The Morgan fingerprint density at radius 1 is 1.26 bits per heavy atom. The zero-order valence-corrected chi connectivity index (χ0v) is 11.6. The average molecular weight is 259 g/mol. The van der Waals surface area contributed by atoms with Crippen LogP contribution in [0.3, 0.4) is 0 Å². The quantitative estimate of drug-likeness (QED) is 0.851. The highest BCUT2D eigenvalue weighted by molar-refractivity contribution is 6.03. The van der Waals surface area contributed by atoms with E-state index in [9.17, 15) is 4.79 Å². The summed E-state index contributed by atoms with van der Waals surface area (Å²) in [5.74, 6) is 0.472. The molecule has 2 N–H and O–H groups in total. The van der Waals surface area contributed by atoms with Crippen molar-refractivity contribution < 1.29 is 4.79 Å². The largest absolute Gasteiger partial charge is 0.369 e. The smallest absolute Gasteiger partial charge is 0.232 e. The molecule has 0 radical (unpaired) electrons. The molecule has 3 rings (SSSR count). The van der Waals surface area contributed by atoms with Gasteiger partial charge in [0.25, 0.3) is 0 Å². The lowest BCUT2D eigenvalue weighted by Crippen LogP contribution is -2.43. The van der Waals surface area contributed by atoms with Crippen molar-refractivity contribution in [2.45, 2.75) is 19.8 Å². The Hall–Kier alpha value is -1.55. The van der Waals surface area contributed by atoms with E-state index in [4.69, 9.17) is 0 Å². The van der Waals surface area contributed by atoms with Crippen molar-refractivity contribution >= 4 is 17.3 Å². The number of fused-ring (bicyclic) bond motifs is 1. The Morgan fingerprint density at radius 3 is 2.68 bits per heavy atom. The summed E-state index contributed by atoms with van der Waals surface area (Å²) in [6.45, 7) is 8.34. The van der Waals surface area contributed by atoms with Gasteiger partial charge in [-0.25, -0.2) is 0 Å². The first-order valence-electron chi connectivity index (χ1n) is 7.07. The Kier molecular flexibility index (Phi) is 3.19. The van der Waals surface area contributed by atoms with Gasteiger partial charge in [0.15, 0.2) is 0 Å². The van der Waals surface area contributed by atoms with E-state index in [0.717, 1.165) is 37.4 Å². The molecule has 0 saturated carbocycles. The number of carbonyl (C=O) groups excluding carboxylic acids is 1. The van der Waals surface area contributed by atoms with Gasteiger partial charge in [-0.15, -0.1) is 0 Å². The predicted molar refractivity (Wildman–Crippen MR) is 77.7 cm³/mol. The highest BCUT2D eigenvalue weighted by atomic mass is 16.2. The van der Waals surface area contributed by atoms with Crippen molar-refractivity contribution in [1.82, 2.24) is 5.32 Å². The van der Waals surface area contributed by atoms with Gasteiger partial charge < -0.3 is 15.5 Å². The van der Waals surface area contributed by atoms with Crippen molar-refractivity contribution in [3.63, 3.8) is 0 Å². The summed E-state index contributed by atoms with van der Waals surface area (Å²) in [6, 6.07) is 6.36. The minimum atomic E-state index is -0.00198. The lowest BCUT2D eigenvalue weighted by atomic mass is 9.89. The van der Waals surface area contributed by atoms with Crippen LogP contribution >= 0.6 is 0 Å². The van der Waals surface area contributed by atoms with Gasteiger partial charge in [-0.2, -0.15) is 0 Å². The van der Waals surface area contributed by atoms with Gasteiger partial charge in [0.1, 0.15) is 0 Å². The number of hydrogen-bond acceptors (Lipinski definition) is 3. The van der Waals surface area contributed by atoms with Crippen LogP contribution in [0.1, 0.15) is 25.3 Å². The maximum Gasteiger partial charge on any atom is 0.232 e. The fourth-order valence-electron chi connectivity index (χ4n) is 3.05. The standard InChI is InChI=1S/C15H21N3O/c1-10(2)14-12-9-11(18-7-5-16-6-8-18)3-4-13(12)17-15(14)19/h3-4,9-10,14,16H,5-8H2,1-2H3,(H,17,19). The molecule has 2 heterocycles. The number of amides is 1. The lowest BCUT2D eigenvalue weighted by molar-refractivity contribution is -0.117. The molecule has 0 spiro atoms. The van der Waals surface area contributed by atoms with E-state index >= 15 is 0 Å². The number of carbonyl (C=O) groups is 1. The molecule has 19 heavy (non-hydrogen) atoms. The molecule has 1 aromatic rings. The van der Waals surface area contributed by atoms with E-state index in [1.54, 1.807) is 0 Å². The zero-order valence-electron chi connectivity index (χ0n) is 11.6. The number of rotatable bonds is 2. The highest BCUT2D eigenvalue weighted by Gasteiger charge is 2.33. The number of anilines is 2. The lowest BCUT2D eigenvalue weighted by Gasteiger charge is -2.30. The maximum atomic E-state index is 12.0. The van der Waals surface area contributed by atoms with E-state index in [1.807, 2.05) is 6.07 Å². The summed E-state index contributed by atoms with van der Waals surface area (Å²) in [5, 5.41) is 6.35. The van der Waals surface area contributed by atoms with E-state index in [0.29, 0.717) is 5.92 Å². The molecule has 102 valence electrons. The van der Waals surface area contributed by atoms with Crippen molar-refractivity contribution in [3.05, 3.63) is 23.8 Å². The molecule has 1 fully saturated rings. The van der Waals surface area contributed by atoms with Crippen molar-refractivity contribution in [1.29, 1.82) is 0 Å². The summed E-state index contributed by atoms with van der Waals surface area (Å²) in [6.07, 6.45) is 0. The van der Waals surface area contributed by atoms with E-state index in [2.05, 4.69) is 41.5 Å². The van der Waals surface area contributed by atoms with Crippen LogP contribution in [0.4, 0.5) is 11.4 Å². The number of nitrogens with zero attached hydrogens (tertiary/aromatic N) is 1. The van der Waals surface area contributed by atoms with Gasteiger partial charge in [-0.1, -0.05) is 13.8 Å². The van der Waals surface area contributed by atoms with E-state index in [1.165, 1.54) is 5.69 Å². The molecule has 1 atom stereocenters. The van der Waals surface area contributed by atoms with Crippen LogP contribution in [0.5, 0.6) is 0 Å². The van der Waals surface area contributed by atoms with Crippen molar-refractivity contribution in [2.75, 3.05) is 36.4 Å². The second-order valence-corrected chi connectivity index (χ2v) is 5.72. The number of piperazine rings is 1. The Morgan fingerprint density at radius 2 is 2.00 bits per heavy atom. The average Bonchev–Trinajstić information content (AvgIpc) is 2.74. The van der Waals surface area contributed by atoms with E-state index < -0.39 is 0 Å². The Labute approximate surface area is 114 Å². The number of hydrogen-bond donors (Lipinski definition) is 2. The van der Waals surface area contributed by atoms with Crippen LogP contribution < -0.4 is 15.5 Å². The van der Waals surface area contributed by atoms with Gasteiger partial charge in [0.05, 0.1) is 5.92 Å². The number of benzene rings is 1. The molecule has 1 unspecified atom stereocenters. The SMILES string of the molecule is CC(C)C1C(=O)Nc2ccc(N3CCNCC3)cc21. The normalized spacial score (nSPS) is 22.6. The first kappa shape index (κ1) is 12.5. The minimum absolute atomic E-state index is 0.00198. The zero-order chi connectivity index (χ0) is 13.4. The van der Waals surface area contributed by atoms with Crippen LogP contribution in [0, 0.1) is 5.92 Å². The van der Waals surface area contributed by atoms with Crippen LogP contribution in [0.2, 0.25) is 0 Å². The topological polar surface area (TPSA) is 44.4 Å². The molecular weight excluding hydrogens is 238 g/mol. The van der Waals surface area contributed by atoms with Gasteiger partial charge >= 0.3 is 0 Å². The second-order valence-electron chi connectivity index (χ2n) is 5.72. The van der Waals surface area contributed by atoms with Gasteiger partial charge in [0, 0.05) is 37.6 Å². The summed E-state index contributed by atoms with van der Waals surface area (Å²) in [4.78, 5) is 14.4. The molecule has 0 aliphatic carbocycles. The highest BCUT2D eigenvalue weighted by Crippen LogP contribution is 2.39. The Bertz CT molecular complexity index is 492. The van der Waals surface area contributed by atoms with E-state index in [-0.39, 0.29) is 11.8 Å².